The van der Waals surface area contributed by atoms with E-state index in [-0.39, 0.29) is 0 Å². The van der Waals surface area contributed by atoms with Crippen molar-refractivity contribution in [1.82, 2.24) is 9.13 Å². The van der Waals surface area contributed by atoms with Crippen molar-refractivity contribution in [3.8, 4) is 33.6 Å². The fraction of sp³-hybridized carbons (Fsp3) is 0.0741. The molecule has 0 fully saturated rings. The highest BCUT2D eigenvalue weighted by Crippen LogP contribution is 2.47. The first-order valence-corrected chi connectivity index (χ1v) is 20.8. The molecule has 0 spiro atoms. The van der Waals surface area contributed by atoms with Gasteiger partial charge in [0.05, 0.1) is 22.1 Å². The van der Waals surface area contributed by atoms with Crippen molar-refractivity contribution in [3.05, 3.63) is 194 Å². The van der Waals surface area contributed by atoms with Crippen molar-refractivity contribution in [1.29, 1.82) is 0 Å². The van der Waals surface area contributed by atoms with Crippen LogP contribution < -0.4 is 0 Å². The van der Waals surface area contributed by atoms with E-state index in [1.165, 1.54) is 109 Å². The van der Waals surface area contributed by atoms with Gasteiger partial charge < -0.3 is 9.13 Å². The normalized spacial score (nSPS) is 11.8. The molecule has 3 heteroatoms. The number of aromatic nitrogens is 2. The van der Waals surface area contributed by atoms with Gasteiger partial charge in [-0.25, -0.2) is 0 Å². The van der Waals surface area contributed by atoms with E-state index in [0.29, 0.717) is 0 Å². The first kappa shape index (κ1) is 34.8. The molecular weight excluding hydrogens is 709 g/mol. The van der Waals surface area contributed by atoms with Crippen LogP contribution in [0.1, 0.15) is 31.9 Å². The smallest absolute Gasteiger partial charge is 0.0541 e. The highest BCUT2D eigenvalue weighted by atomic mass is 32.1. The minimum absolute atomic E-state index is 0.906. The van der Waals surface area contributed by atoms with Crippen LogP contribution in [-0.2, 0) is 6.42 Å². The molecule has 0 amide bonds. The lowest BCUT2D eigenvalue weighted by atomic mass is 9.93. The summed E-state index contributed by atoms with van der Waals surface area (Å²) in [6.07, 6.45) is 2.66. The molecule has 1 aliphatic rings. The molecule has 57 heavy (non-hydrogen) atoms. The van der Waals surface area contributed by atoms with Crippen LogP contribution >= 0.6 is 11.3 Å². The molecule has 0 radical (unpaired) electrons. The molecular formula is C54H42N2S. The summed E-state index contributed by atoms with van der Waals surface area (Å²) in [5.74, 6) is 0. The van der Waals surface area contributed by atoms with Gasteiger partial charge in [0.25, 0.3) is 0 Å². The average molecular weight is 751 g/mol. The lowest BCUT2D eigenvalue weighted by Gasteiger charge is -2.16. The van der Waals surface area contributed by atoms with Gasteiger partial charge in [0, 0.05) is 53.1 Å². The number of nitrogens with zero attached hydrogens (tertiary/aromatic N) is 2. The molecule has 8 aromatic carbocycles. The van der Waals surface area contributed by atoms with Crippen LogP contribution in [0.4, 0.5) is 0 Å². The van der Waals surface area contributed by atoms with Crippen molar-refractivity contribution in [2.24, 2.45) is 0 Å². The molecule has 3 aromatic heterocycles. The topological polar surface area (TPSA) is 9.86 Å². The first-order chi connectivity index (χ1) is 28.2. The molecule has 0 bridgehead atoms. The van der Waals surface area contributed by atoms with Crippen molar-refractivity contribution in [2.75, 3.05) is 0 Å². The second-order valence-corrected chi connectivity index (χ2v) is 15.6. The van der Waals surface area contributed by atoms with Crippen LogP contribution in [0, 0.1) is 0 Å². The third kappa shape index (κ3) is 5.45. The molecule has 12 rings (SSSR count). The lowest BCUT2D eigenvalue weighted by molar-refractivity contribution is 1.17. The highest BCUT2D eigenvalue weighted by Gasteiger charge is 2.26. The summed E-state index contributed by atoms with van der Waals surface area (Å²) in [7, 11) is 0. The minimum Gasteiger partial charge on any atom is -0.309 e. The van der Waals surface area contributed by atoms with E-state index < -0.39 is 0 Å². The van der Waals surface area contributed by atoms with Gasteiger partial charge >= 0.3 is 0 Å². The van der Waals surface area contributed by atoms with E-state index in [1.54, 1.807) is 6.08 Å². The standard InChI is InChI=1S/C49H30N2S.C3H6.C2H6/c1-6-16-44-34(11-1)35-12-2-7-17-45(35)50(44)32-23-21-30-25-41-40(31-22-24-49-43(26-31)38-15-5-10-20-48(38)52-49)28-33(29-42(41)39(30)27-32)51-46-18-8-3-13-36(46)37-14-4-9-19-47(37)51;1-3-2;1-2/h1-24,26-29H,25H2;3H,1H2,2H3;1-2H3. The van der Waals surface area contributed by atoms with Crippen LogP contribution in [-0.4, -0.2) is 9.13 Å². The Morgan fingerprint density at radius 1 is 0.456 bits per heavy atom. The zero-order valence-electron chi connectivity index (χ0n) is 32.5. The predicted molar refractivity (Wildman–Crippen MR) is 249 cm³/mol. The Hall–Kier alpha value is -6.68. The van der Waals surface area contributed by atoms with Crippen LogP contribution in [0.15, 0.2) is 183 Å². The minimum atomic E-state index is 0.906. The third-order valence-electron chi connectivity index (χ3n) is 11.3. The third-order valence-corrected chi connectivity index (χ3v) is 12.5. The van der Waals surface area contributed by atoms with E-state index in [0.717, 1.165) is 6.42 Å². The maximum atomic E-state index is 3.36. The van der Waals surface area contributed by atoms with Crippen LogP contribution in [0.5, 0.6) is 0 Å². The van der Waals surface area contributed by atoms with Crippen molar-refractivity contribution >= 4 is 75.1 Å². The van der Waals surface area contributed by atoms with Gasteiger partial charge in [0.15, 0.2) is 0 Å². The number of rotatable bonds is 3. The summed E-state index contributed by atoms with van der Waals surface area (Å²) in [6.45, 7) is 9.25. The summed E-state index contributed by atoms with van der Waals surface area (Å²) in [4.78, 5) is 0. The number of benzene rings is 8. The summed E-state index contributed by atoms with van der Waals surface area (Å²) in [5.41, 5.74) is 15.3. The Bertz CT molecular complexity index is 3230. The van der Waals surface area contributed by atoms with E-state index in [9.17, 15) is 0 Å². The molecule has 0 unspecified atom stereocenters. The number of thiophene rings is 1. The van der Waals surface area contributed by atoms with Crippen molar-refractivity contribution in [2.45, 2.75) is 27.2 Å². The van der Waals surface area contributed by atoms with Crippen LogP contribution in [0.25, 0.3) is 97.4 Å². The molecule has 0 saturated heterocycles. The molecule has 274 valence electrons. The maximum Gasteiger partial charge on any atom is 0.0541 e. The Kier molecular flexibility index (Phi) is 8.61. The van der Waals surface area contributed by atoms with E-state index in [2.05, 4.69) is 186 Å². The molecule has 3 heterocycles. The predicted octanol–water partition coefficient (Wildman–Crippen LogP) is 15.7. The second-order valence-electron chi connectivity index (χ2n) is 14.5. The molecule has 0 aliphatic heterocycles. The van der Waals surface area contributed by atoms with Gasteiger partial charge in [-0.2, -0.15) is 0 Å². The summed E-state index contributed by atoms with van der Waals surface area (Å²) < 4.78 is 7.58. The van der Waals surface area contributed by atoms with Gasteiger partial charge in [0.1, 0.15) is 0 Å². The second kappa shape index (κ2) is 14.1. The fourth-order valence-electron chi connectivity index (χ4n) is 9.07. The van der Waals surface area contributed by atoms with Gasteiger partial charge in [-0.15, -0.1) is 17.9 Å². The molecule has 0 saturated carbocycles. The quantitative estimate of drug-likeness (QED) is 0.159. The van der Waals surface area contributed by atoms with Crippen LogP contribution in [0.3, 0.4) is 0 Å². The largest absolute Gasteiger partial charge is 0.309 e. The summed E-state index contributed by atoms with van der Waals surface area (Å²) in [5, 5.41) is 7.79. The van der Waals surface area contributed by atoms with Gasteiger partial charge in [-0.3, -0.25) is 0 Å². The number of hydrogen-bond donors (Lipinski definition) is 0. The Labute approximate surface area is 337 Å². The molecule has 1 aliphatic carbocycles. The van der Waals surface area contributed by atoms with Crippen molar-refractivity contribution in [3.63, 3.8) is 0 Å². The SMILES string of the molecule is C=CC.CC.c1ccc2c(c1)sc1ccc(-c3cc(-n4c5ccccc5c5ccccc54)cc4c3Cc3ccc(-n5c6ccccc6c6ccccc65)cc3-4)cc12. The number of hydrogen-bond acceptors (Lipinski definition) is 1. The van der Waals surface area contributed by atoms with E-state index in [1.807, 2.05) is 32.1 Å². The molecule has 0 N–H and O–H groups in total. The number of fused-ring (bicyclic) bond motifs is 12. The average Bonchev–Trinajstić information content (AvgIpc) is 4.02. The Morgan fingerprint density at radius 2 is 0.912 bits per heavy atom. The zero-order valence-corrected chi connectivity index (χ0v) is 33.3. The van der Waals surface area contributed by atoms with Gasteiger partial charge in [-0.05, 0) is 113 Å². The summed E-state index contributed by atoms with van der Waals surface area (Å²) >= 11 is 1.88. The van der Waals surface area contributed by atoms with E-state index >= 15 is 0 Å². The number of para-hydroxylation sites is 4. The van der Waals surface area contributed by atoms with Gasteiger partial charge in [-0.1, -0.05) is 123 Å². The molecule has 0 atom stereocenters. The van der Waals surface area contributed by atoms with E-state index in [4.69, 9.17) is 0 Å². The summed E-state index contributed by atoms with van der Waals surface area (Å²) in [6, 6.07) is 63.2. The fourth-order valence-corrected chi connectivity index (χ4v) is 10.2. The van der Waals surface area contributed by atoms with Crippen LogP contribution in [0.2, 0.25) is 0 Å². The first-order valence-electron chi connectivity index (χ1n) is 20.0. The zero-order chi connectivity index (χ0) is 38.6. The monoisotopic (exact) mass is 750 g/mol. The van der Waals surface area contributed by atoms with Crippen molar-refractivity contribution < 1.29 is 0 Å². The molecule has 2 nitrogen and oxygen atoms in total. The molecule has 11 aromatic rings. The van der Waals surface area contributed by atoms with Gasteiger partial charge in [0.2, 0.25) is 0 Å². The lowest BCUT2D eigenvalue weighted by Crippen LogP contribution is -1.98. The Morgan fingerprint density at radius 3 is 1.49 bits per heavy atom. The Balaban J connectivity index is 0.000000759. The highest BCUT2D eigenvalue weighted by molar-refractivity contribution is 7.25. The maximum absolute atomic E-state index is 3.36. The number of allylic oxidation sites excluding steroid dienone is 1.